The minimum atomic E-state index is -0.283. The van der Waals surface area contributed by atoms with Crippen LogP contribution in [0.2, 0.25) is 0 Å². The Labute approximate surface area is 105 Å². The third-order valence-electron chi connectivity index (χ3n) is 2.56. The van der Waals surface area contributed by atoms with Gasteiger partial charge in [-0.3, -0.25) is 0 Å². The van der Waals surface area contributed by atoms with Gasteiger partial charge in [0, 0.05) is 25.1 Å². The van der Waals surface area contributed by atoms with Crippen molar-refractivity contribution in [1.29, 1.82) is 0 Å². The summed E-state index contributed by atoms with van der Waals surface area (Å²) < 4.78 is 18.4. The minimum absolute atomic E-state index is 0.283. The van der Waals surface area contributed by atoms with Crippen molar-refractivity contribution in [1.82, 2.24) is 9.97 Å². The van der Waals surface area contributed by atoms with E-state index in [0.29, 0.717) is 17.8 Å². The maximum atomic E-state index is 13.2. The molecule has 0 amide bonds. The number of nitrogens with zero attached hydrogens (tertiary/aromatic N) is 2. The molecule has 0 aliphatic heterocycles. The van der Waals surface area contributed by atoms with Crippen molar-refractivity contribution in [3.05, 3.63) is 30.3 Å². The van der Waals surface area contributed by atoms with Gasteiger partial charge in [-0.2, -0.15) is 0 Å². The Morgan fingerprint density at radius 2 is 2.22 bits per heavy atom. The molecule has 0 saturated carbocycles. The maximum Gasteiger partial charge on any atom is 0.137 e. The van der Waals surface area contributed by atoms with Crippen molar-refractivity contribution in [2.24, 2.45) is 0 Å². The van der Waals surface area contributed by atoms with E-state index >= 15 is 0 Å². The lowest BCUT2D eigenvalue weighted by Crippen LogP contribution is -2.07. The Balaban J connectivity index is 2.05. The molecule has 18 heavy (non-hydrogen) atoms. The lowest BCUT2D eigenvalue weighted by Gasteiger charge is -2.08. The summed E-state index contributed by atoms with van der Waals surface area (Å²) in [4.78, 5) is 8.23. The van der Waals surface area contributed by atoms with Crippen molar-refractivity contribution < 1.29 is 9.13 Å². The summed E-state index contributed by atoms with van der Waals surface area (Å²) in [7, 11) is 0. The quantitative estimate of drug-likeness (QED) is 0.799. The van der Waals surface area contributed by atoms with E-state index in [-0.39, 0.29) is 5.82 Å². The van der Waals surface area contributed by atoms with E-state index in [4.69, 9.17) is 4.74 Å². The van der Waals surface area contributed by atoms with Crippen LogP contribution < -0.4 is 5.32 Å². The Bertz CT molecular complexity index is 519. The average molecular weight is 249 g/mol. The SMILES string of the molecule is CCOCCCNc1ncnc2ccc(F)cc12. The highest BCUT2D eigenvalue weighted by molar-refractivity contribution is 5.88. The second-order valence-electron chi connectivity index (χ2n) is 3.86. The molecular weight excluding hydrogens is 233 g/mol. The molecule has 0 bridgehead atoms. The molecule has 0 unspecified atom stereocenters. The van der Waals surface area contributed by atoms with Gasteiger partial charge in [-0.25, -0.2) is 14.4 Å². The summed E-state index contributed by atoms with van der Waals surface area (Å²) in [5.41, 5.74) is 0.735. The first kappa shape index (κ1) is 12.7. The van der Waals surface area contributed by atoms with Crippen LogP contribution in [0.4, 0.5) is 10.2 Å². The van der Waals surface area contributed by atoms with Gasteiger partial charge in [0.15, 0.2) is 0 Å². The highest BCUT2D eigenvalue weighted by Gasteiger charge is 2.04. The molecule has 1 aromatic carbocycles. The second kappa shape index (κ2) is 6.26. The number of fused-ring (bicyclic) bond motifs is 1. The third kappa shape index (κ3) is 3.13. The zero-order valence-corrected chi connectivity index (χ0v) is 10.3. The highest BCUT2D eigenvalue weighted by Crippen LogP contribution is 2.19. The Hall–Kier alpha value is -1.75. The van der Waals surface area contributed by atoms with E-state index in [1.54, 1.807) is 6.07 Å². The van der Waals surface area contributed by atoms with Crippen LogP contribution >= 0.6 is 0 Å². The number of halogens is 1. The molecule has 0 aliphatic rings. The molecule has 0 saturated heterocycles. The lowest BCUT2D eigenvalue weighted by atomic mass is 10.2. The number of ether oxygens (including phenoxy) is 1. The Morgan fingerprint density at radius 3 is 3.06 bits per heavy atom. The molecule has 2 aromatic rings. The van der Waals surface area contributed by atoms with Crippen molar-refractivity contribution >= 4 is 16.7 Å². The normalized spacial score (nSPS) is 10.8. The molecule has 0 aliphatic carbocycles. The molecule has 1 aromatic heterocycles. The fourth-order valence-electron chi connectivity index (χ4n) is 1.70. The van der Waals surface area contributed by atoms with Crippen LogP contribution in [-0.4, -0.2) is 29.7 Å². The fourth-order valence-corrected chi connectivity index (χ4v) is 1.70. The van der Waals surface area contributed by atoms with Crippen LogP contribution in [0.25, 0.3) is 10.9 Å². The van der Waals surface area contributed by atoms with Gasteiger partial charge in [-0.1, -0.05) is 0 Å². The minimum Gasteiger partial charge on any atom is -0.382 e. The first-order valence-electron chi connectivity index (χ1n) is 6.03. The lowest BCUT2D eigenvalue weighted by molar-refractivity contribution is 0.147. The van der Waals surface area contributed by atoms with E-state index in [1.807, 2.05) is 6.92 Å². The Morgan fingerprint density at radius 1 is 1.33 bits per heavy atom. The molecule has 1 N–H and O–H groups in total. The van der Waals surface area contributed by atoms with Crippen LogP contribution in [0.1, 0.15) is 13.3 Å². The van der Waals surface area contributed by atoms with E-state index in [2.05, 4.69) is 15.3 Å². The van der Waals surface area contributed by atoms with Gasteiger partial charge in [0.05, 0.1) is 5.52 Å². The number of rotatable bonds is 6. The summed E-state index contributed by atoms with van der Waals surface area (Å²) >= 11 is 0. The van der Waals surface area contributed by atoms with E-state index < -0.39 is 0 Å². The molecule has 0 fully saturated rings. The summed E-state index contributed by atoms with van der Waals surface area (Å²) in [5.74, 6) is 0.380. The third-order valence-corrected chi connectivity index (χ3v) is 2.56. The highest BCUT2D eigenvalue weighted by atomic mass is 19.1. The van der Waals surface area contributed by atoms with Crippen LogP contribution in [0.3, 0.4) is 0 Å². The standard InChI is InChI=1S/C13H16FN3O/c1-2-18-7-3-6-15-13-11-8-10(14)4-5-12(11)16-9-17-13/h4-5,8-9H,2-3,6-7H2,1H3,(H,15,16,17). The molecule has 4 nitrogen and oxygen atoms in total. The summed E-state index contributed by atoms with van der Waals surface area (Å²) in [6.45, 7) is 4.14. The smallest absolute Gasteiger partial charge is 0.137 e. The van der Waals surface area contributed by atoms with Gasteiger partial charge < -0.3 is 10.1 Å². The van der Waals surface area contributed by atoms with Crippen molar-refractivity contribution in [2.75, 3.05) is 25.1 Å². The largest absolute Gasteiger partial charge is 0.382 e. The summed E-state index contributed by atoms with van der Waals surface area (Å²) in [6.07, 6.45) is 2.36. The predicted molar refractivity (Wildman–Crippen MR) is 69.1 cm³/mol. The molecular formula is C13H16FN3O. The molecule has 2 rings (SSSR count). The molecule has 0 radical (unpaired) electrons. The van der Waals surface area contributed by atoms with Gasteiger partial charge in [0.2, 0.25) is 0 Å². The number of benzene rings is 1. The topological polar surface area (TPSA) is 47.0 Å². The van der Waals surface area contributed by atoms with Crippen LogP contribution in [-0.2, 0) is 4.74 Å². The number of nitrogens with one attached hydrogen (secondary N) is 1. The van der Waals surface area contributed by atoms with Gasteiger partial charge in [0.25, 0.3) is 0 Å². The van der Waals surface area contributed by atoms with Crippen LogP contribution in [0.15, 0.2) is 24.5 Å². The Kier molecular flexibility index (Phi) is 4.41. The second-order valence-corrected chi connectivity index (χ2v) is 3.86. The summed E-state index contributed by atoms with van der Waals surface area (Å²) in [5, 5.41) is 3.88. The van der Waals surface area contributed by atoms with Crippen LogP contribution in [0, 0.1) is 5.82 Å². The molecule has 1 heterocycles. The zero-order chi connectivity index (χ0) is 12.8. The van der Waals surface area contributed by atoms with Gasteiger partial charge in [-0.05, 0) is 31.5 Å². The zero-order valence-electron chi connectivity index (χ0n) is 10.3. The molecule has 0 spiro atoms. The molecule has 0 atom stereocenters. The number of anilines is 1. The van der Waals surface area contributed by atoms with E-state index in [1.165, 1.54) is 18.5 Å². The average Bonchev–Trinajstić information content (AvgIpc) is 2.39. The van der Waals surface area contributed by atoms with Crippen molar-refractivity contribution in [2.45, 2.75) is 13.3 Å². The van der Waals surface area contributed by atoms with Gasteiger partial charge in [-0.15, -0.1) is 0 Å². The number of hydrogen-bond acceptors (Lipinski definition) is 4. The number of hydrogen-bond donors (Lipinski definition) is 1. The van der Waals surface area contributed by atoms with Gasteiger partial charge in [0.1, 0.15) is 18.0 Å². The first-order chi connectivity index (χ1) is 8.81. The number of aromatic nitrogens is 2. The molecule has 96 valence electrons. The maximum absolute atomic E-state index is 13.2. The predicted octanol–water partition coefficient (Wildman–Crippen LogP) is 2.61. The van der Waals surface area contributed by atoms with Gasteiger partial charge >= 0.3 is 0 Å². The van der Waals surface area contributed by atoms with Crippen LogP contribution in [0.5, 0.6) is 0 Å². The van der Waals surface area contributed by atoms with E-state index in [9.17, 15) is 4.39 Å². The summed E-state index contributed by atoms with van der Waals surface area (Å²) in [6, 6.07) is 4.49. The molecule has 5 heteroatoms. The van der Waals surface area contributed by atoms with Crippen molar-refractivity contribution in [3.63, 3.8) is 0 Å². The first-order valence-corrected chi connectivity index (χ1v) is 6.03. The van der Waals surface area contributed by atoms with Crippen molar-refractivity contribution in [3.8, 4) is 0 Å². The van der Waals surface area contributed by atoms with E-state index in [0.717, 1.165) is 25.1 Å². The fraction of sp³-hybridized carbons (Fsp3) is 0.385. The monoisotopic (exact) mass is 249 g/mol.